The molecule has 0 amide bonds. The summed E-state index contributed by atoms with van der Waals surface area (Å²) < 4.78 is 57.8. The van der Waals surface area contributed by atoms with Gasteiger partial charge in [0.05, 0.1) is 4.90 Å². The summed E-state index contributed by atoms with van der Waals surface area (Å²) in [6, 6.07) is 4.32. The summed E-state index contributed by atoms with van der Waals surface area (Å²) in [5.41, 5.74) is 0. The Hall–Kier alpha value is -0.0800. The molecule has 0 aliphatic carbocycles. The number of ether oxygens (including phenoxy) is 1. The van der Waals surface area contributed by atoms with Crippen molar-refractivity contribution in [1.82, 2.24) is 0 Å². The molecule has 1 N–H and O–H groups in total. The molecule has 1 aromatic rings. The predicted octanol–water partition coefficient (Wildman–Crippen LogP) is -0.718. The van der Waals surface area contributed by atoms with Gasteiger partial charge in [0.25, 0.3) is 0 Å². The molecule has 3 nitrogen and oxygen atoms in total. The Kier molecular flexibility index (Phi) is 5.82. The zero-order valence-corrected chi connectivity index (χ0v) is 10.4. The average Bonchev–Trinajstić information content (AvgIpc) is 2.01. The molecule has 0 aliphatic rings. The zero-order valence-electron chi connectivity index (χ0n) is 8.62. The molecule has 0 radical (unpaired) electrons. The molecule has 0 bridgehead atoms. The standard InChI is InChI=1S/C7H5F3O3S.Na.H/c8-7(9,10)13-5-2-1-3-6(4-5)14(11)12;;/h1-4H,(H,11,12);;/q;+1;-1. The predicted molar refractivity (Wildman–Crippen MR) is 43.3 cm³/mol. The number of rotatable bonds is 2. The second-order valence-electron chi connectivity index (χ2n) is 2.27. The molecule has 15 heavy (non-hydrogen) atoms. The van der Waals surface area contributed by atoms with Gasteiger partial charge in [-0.1, -0.05) is 6.07 Å². The number of hydrogen-bond donors (Lipinski definition) is 1. The minimum absolute atomic E-state index is 0. The van der Waals surface area contributed by atoms with Gasteiger partial charge in [-0.25, -0.2) is 4.21 Å². The summed E-state index contributed by atoms with van der Waals surface area (Å²) in [6.45, 7) is 0. The van der Waals surface area contributed by atoms with E-state index in [1.165, 1.54) is 12.1 Å². The van der Waals surface area contributed by atoms with Gasteiger partial charge in [-0.2, -0.15) is 0 Å². The van der Waals surface area contributed by atoms with E-state index >= 15 is 0 Å². The normalized spacial score (nSPS) is 12.8. The summed E-state index contributed by atoms with van der Waals surface area (Å²) >= 11 is -2.31. The van der Waals surface area contributed by atoms with Gasteiger partial charge in [0.1, 0.15) is 5.75 Å². The molecule has 1 atom stereocenters. The van der Waals surface area contributed by atoms with Crippen molar-refractivity contribution in [3.05, 3.63) is 24.3 Å². The molecule has 1 rings (SSSR count). The van der Waals surface area contributed by atoms with Crippen LogP contribution in [0.3, 0.4) is 0 Å². The molecule has 1 unspecified atom stereocenters. The minimum Gasteiger partial charge on any atom is -1.00 e. The topological polar surface area (TPSA) is 46.5 Å². The van der Waals surface area contributed by atoms with Crippen LogP contribution in [0.25, 0.3) is 0 Å². The quantitative estimate of drug-likeness (QED) is 0.556. The summed E-state index contributed by atoms with van der Waals surface area (Å²) in [5.74, 6) is -0.516. The summed E-state index contributed by atoms with van der Waals surface area (Å²) in [7, 11) is 0. The van der Waals surface area contributed by atoms with Crippen LogP contribution in [0.2, 0.25) is 0 Å². The van der Waals surface area contributed by atoms with Gasteiger partial charge in [0.15, 0.2) is 11.1 Å². The molecule has 0 aromatic heterocycles. The van der Waals surface area contributed by atoms with E-state index in [0.717, 1.165) is 12.1 Å². The van der Waals surface area contributed by atoms with Crippen molar-refractivity contribution in [2.75, 3.05) is 0 Å². The Morgan fingerprint density at radius 2 is 2.00 bits per heavy atom. The second kappa shape index (κ2) is 5.86. The van der Waals surface area contributed by atoms with Gasteiger partial charge in [-0.05, 0) is 18.2 Å². The van der Waals surface area contributed by atoms with Crippen LogP contribution in [0.4, 0.5) is 13.2 Å². The van der Waals surface area contributed by atoms with Crippen LogP contribution in [-0.4, -0.2) is 15.1 Å². The Bertz CT molecular complexity index is 361. The molecular weight excluding hydrogens is 244 g/mol. The zero-order chi connectivity index (χ0) is 10.8. The summed E-state index contributed by atoms with van der Waals surface area (Å²) in [6.07, 6.45) is -4.80. The third kappa shape index (κ3) is 5.53. The van der Waals surface area contributed by atoms with Crippen molar-refractivity contribution in [1.29, 1.82) is 0 Å². The SMILES string of the molecule is O=S(O)c1cccc(OC(F)(F)F)c1.[H-].[Na+]. The van der Waals surface area contributed by atoms with E-state index in [0.29, 0.717) is 0 Å². The van der Waals surface area contributed by atoms with Crippen LogP contribution in [-0.2, 0) is 11.1 Å². The van der Waals surface area contributed by atoms with Gasteiger partial charge in [0, 0.05) is 0 Å². The molecule has 0 aliphatic heterocycles. The maximum absolute atomic E-state index is 11.7. The average molecular weight is 250 g/mol. The number of halogens is 3. The third-order valence-corrected chi connectivity index (χ3v) is 1.90. The summed E-state index contributed by atoms with van der Waals surface area (Å²) in [5, 5.41) is 0. The molecule has 0 saturated carbocycles. The van der Waals surface area contributed by atoms with E-state index in [-0.39, 0.29) is 35.9 Å². The van der Waals surface area contributed by atoms with Gasteiger partial charge < -0.3 is 10.7 Å². The largest absolute Gasteiger partial charge is 1.00 e. The van der Waals surface area contributed by atoms with E-state index < -0.39 is 23.2 Å². The van der Waals surface area contributed by atoms with Crippen LogP contribution in [0.1, 0.15) is 1.43 Å². The molecule has 80 valence electrons. The van der Waals surface area contributed by atoms with Gasteiger partial charge in [0.2, 0.25) is 0 Å². The molecule has 1 aromatic carbocycles. The monoisotopic (exact) mass is 250 g/mol. The number of benzene rings is 1. The molecule has 0 fully saturated rings. The van der Waals surface area contributed by atoms with Crippen LogP contribution in [0.5, 0.6) is 5.75 Å². The first-order valence-electron chi connectivity index (χ1n) is 3.35. The Labute approximate surface area is 110 Å². The first-order chi connectivity index (χ1) is 6.38. The molecule has 8 heteroatoms. The van der Waals surface area contributed by atoms with Crippen molar-refractivity contribution in [3.63, 3.8) is 0 Å². The second-order valence-corrected chi connectivity index (χ2v) is 3.24. The van der Waals surface area contributed by atoms with E-state index in [2.05, 4.69) is 4.74 Å². The first kappa shape index (κ1) is 14.9. The Balaban J connectivity index is 0. The Morgan fingerprint density at radius 3 is 2.47 bits per heavy atom. The molecular formula is C7H6F3NaO3S. The molecule has 0 saturated heterocycles. The fraction of sp³-hybridized carbons (Fsp3) is 0.143. The van der Waals surface area contributed by atoms with Crippen LogP contribution in [0.15, 0.2) is 29.2 Å². The van der Waals surface area contributed by atoms with Gasteiger partial charge in [-0.15, -0.1) is 13.2 Å². The fourth-order valence-corrected chi connectivity index (χ4v) is 1.19. The number of alkyl halides is 3. The van der Waals surface area contributed by atoms with E-state index in [1.54, 1.807) is 0 Å². The van der Waals surface area contributed by atoms with Crippen LogP contribution in [0, 0.1) is 0 Å². The van der Waals surface area contributed by atoms with Crippen molar-refractivity contribution in [2.24, 2.45) is 0 Å². The minimum atomic E-state index is -4.80. The molecule has 0 heterocycles. The van der Waals surface area contributed by atoms with Crippen LogP contribution >= 0.6 is 0 Å². The Morgan fingerprint density at radius 1 is 1.40 bits per heavy atom. The van der Waals surface area contributed by atoms with Crippen molar-refractivity contribution in [2.45, 2.75) is 11.3 Å². The third-order valence-electron chi connectivity index (χ3n) is 1.24. The van der Waals surface area contributed by atoms with E-state index in [9.17, 15) is 17.4 Å². The van der Waals surface area contributed by atoms with Crippen molar-refractivity contribution < 1.29 is 57.7 Å². The number of hydrogen-bond acceptors (Lipinski definition) is 2. The van der Waals surface area contributed by atoms with E-state index in [4.69, 9.17) is 4.55 Å². The van der Waals surface area contributed by atoms with Crippen molar-refractivity contribution in [3.8, 4) is 5.75 Å². The molecule has 0 spiro atoms. The van der Waals surface area contributed by atoms with Gasteiger partial charge >= 0.3 is 35.9 Å². The first-order valence-corrected chi connectivity index (χ1v) is 4.46. The smallest absolute Gasteiger partial charge is 1.00 e. The fourth-order valence-electron chi connectivity index (χ4n) is 0.780. The maximum atomic E-state index is 11.7. The van der Waals surface area contributed by atoms with Crippen molar-refractivity contribution >= 4 is 11.1 Å². The van der Waals surface area contributed by atoms with Gasteiger partial charge in [-0.3, -0.25) is 0 Å². The van der Waals surface area contributed by atoms with Crippen LogP contribution < -0.4 is 34.3 Å². The maximum Gasteiger partial charge on any atom is 1.00 e. The summed E-state index contributed by atoms with van der Waals surface area (Å²) in [4.78, 5) is -0.147. The van der Waals surface area contributed by atoms with E-state index in [1.807, 2.05) is 0 Å².